The van der Waals surface area contributed by atoms with E-state index < -0.39 is 0 Å². The molecule has 1 fully saturated rings. The number of hydrogen-bond acceptors (Lipinski definition) is 6. The zero-order chi connectivity index (χ0) is 22.0. The quantitative estimate of drug-likeness (QED) is 0.349. The molecular weight excluding hydrogens is 428 g/mol. The Morgan fingerprint density at radius 2 is 1.97 bits per heavy atom. The Morgan fingerprint density at radius 1 is 1.19 bits per heavy atom. The summed E-state index contributed by atoms with van der Waals surface area (Å²) >= 11 is 6.63. The SMILES string of the molecule is C=CCNc1nc2c(C)cccn2c(=O)c1C=C1SC(=S)N(Cc2ccccc2)C1=O. The molecule has 4 rings (SSSR count). The maximum Gasteiger partial charge on any atom is 0.267 e. The summed E-state index contributed by atoms with van der Waals surface area (Å²) in [5.74, 6) is 0.190. The number of carbonyl (C=O) groups excluding carboxylic acids is 1. The summed E-state index contributed by atoms with van der Waals surface area (Å²) in [5.41, 5.74) is 2.48. The summed E-state index contributed by atoms with van der Waals surface area (Å²) in [4.78, 5) is 32.9. The van der Waals surface area contributed by atoms with Crippen molar-refractivity contribution in [1.29, 1.82) is 0 Å². The van der Waals surface area contributed by atoms with Gasteiger partial charge in [-0.2, -0.15) is 0 Å². The highest BCUT2D eigenvalue weighted by molar-refractivity contribution is 8.26. The molecule has 8 heteroatoms. The summed E-state index contributed by atoms with van der Waals surface area (Å²) < 4.78 is 1.95. The van der Waals surface area contributed by atoms with Crippen LogP contribution in [0, 0.1) is 6.92 Å². The first-order valence-corrected chi connectivity index (χ1v) is 10.9. The molecule has 2 aromatic heterocycles. The van der Waals surface area contributed by atoms with Crippen molar-refractivity contribution in [1.82, 2.24) is 14.3 Å². The van der Waals surface area contributed by atoms with Gasteiger partial charge in [0.2, 0.25) is 0 Å². The first-order chi connectivity index (χ1) is 15.0. The average Bonchev–Trinajstić information content (AvgIpc) is 3.03. The van der Waals surface area contributed by atoms with Crippen molar-refractivity contribution in [3.8, 4) is 0 Å². The normalized spacial score (nSPS) is 15.1. The van der Waals surface area contributed by atoms with E-state index in [1.54, 1.807) is 29.3 Å². The second-order valence-electron chi connectivity index (χ2n) is 6.99. The summed E-state index contributed by atoms with van der Waals surface area (Å²) in [6.07, 6.45) is 4.94. The lowest BCUT2D eigenvalue weighted by atomic mass is 10.2. The van der Waals surface area contributed by atoms with Crippen LogP contribution in [0.2, 0.25) is 0 Å². The number of aromatic nitrogens is 2. The van der Waals surface area contributed by atoms with Crippen molar-refractivity contribution in [2.75, 3.05) is 11.9 Å². The van der Waals surface area contributed by atoms with E-state index in [0.717, 1.165) is 11.1 Å². The molecule has 0 aliphatic carbocycles. The second kappa shape index (κ2) is 8.87. The fraction of sp³-hybridized carbons (Fsp3) is 0.130. The zero-order valence-electron chi connectivity index (χ0n) is 16.9. The first-order valence-electron chi connectivity index (χ1n) is 9.65. The smallest absolute Gasteiger partial charge is 0.267 e. The van der Waals surface area contributed by atoms with E-state index in [0.29, 0.717) is 39.3 Å². The maximum atomic E-state index is 13.3. The van der Waals surface area contributed by atoms with Crippen molar-refractivity contribution >= 4 is 51.7 Å². The number of thioether (sulfide) groups is 1. The van der Waals surface area contributed by atoms with Gasteiger partial charge in [0.15, 0.2) is 0 Å². The number of pyridine rings is 1. The van der Waals surface area contributed by atoms with E-state index in [2.05, 4.69) is 16.9 Å². The molecule has 1 aliphatic heterocycles. The monoisotopic (exact) mass is 448 g/mol. The number of rotatable bonds is 6. The lowest BCUT2D eigenvalue weighted by Gasteiger charge is -2.14. The number of hydrogen-bond donors (Lipinski definition) is 1. The number of nitrogens with one attached hydrogen (secondary N) is 1. The van der Waals surface area contributed by atoms with Gasteiger partial charge >= 0.3 is 0 Å². The minimum atomic E-state index is -0.256. The summed E-state index contributed by atoms with van der Waals surface area (Å²) in [6.45, 7) is 6.43. The number of anilines is 1. The number of amides is 1. The molecule has 0 unspecified atom stereocenters. The first kappa shape index (κ1) is 21.0. The topological polar surface area (TPSA) is 66.7 Å². The molecule has 31 heavy (non-hydrogen) atoms. The van der Waals surface area contributed by atoms with E-state index in [4.69, 9.17) is 12.2 Å². The number of benzene rings is 1. The summed E-state index contributed by atoms with van der Waals surface area (Å²) in [6, 6.07) is 13.4. The molecule has 6 nitrogen and oxygen atoms in total. The molecule has 156 valence electrons. The van der Waals surface area contributed by atoms with E-state index in [1.807, 2.05) is 43.3 Å². The lowest BCUT2D eigenvalue weighted by molar-refractivity contribution is -0.122. The van der Waals surface area contributed by atoms with Crippen molar-refractivity contribution in [3.63, 3.8) is 0 Å². The van der Waals surface area contributed by atoms with E-state index >= 15 is 0 Å². The van der Waals surface area contributed by atoms with Crippen LogP contribution < -0.4 is 10.9 Å². The standard InChI is InChI=1S/C23H20N4O2S2/c1-3-11-24-19-17(21(28)26-12-7-8-15(2)20(26)25-19)13-18-22(29)27(23(30)31-18)14-16-9-5-4-6-10-16/h3-10,12-13,24H,1,11,14H2,2H3. The van der Waals surface area contributed by atoms with E-state index in [1.165, 1.54) is 16.2 Å². The Labute approximate surface area is 189 Å². The van der Waals surface area contributed by atoms with Crippen LogP contribution in [0.3, 0.4) is 0 Å². The van der Waals surface area contributed by atoms with Gasteiger partial charge in [0.1, 0.15) is 15.8 Å². The van der Waals surface area contributed by atoms with Gasteiger partial charge in [-0.05, 0) is 30.2 Å². The van der Waals surface area contributed by atoms with Crippen LogP contribution in [0.4, 0.5) is 5.82 Å². The van der Waals surface area contributed by atoms with Gasteiger partial charge in [0.05, 0.1) is 17.0 Å². The van der Waals surface area contributed by atoms with Crippen LogP contribution >= 0.6 is 24.0 Å². The minimum absolute atomic E-state index is 0.220. The predicted molar refractivity (Wildman–Crippen MR) is 130 cm³/mol. The number of nitrogens with zero attached hydrogens (tertiary/aromatic N) is 3. The highest BCUT2D eigenvalue weighted by Gasteiger charge is 2.32. The fourth-order valence-corrected chi connectivity index (χ4v) is 4.52. The van der Waals surface area contributed by atoms with Gasteiger partial charge in [-0.1, -0.05) is 66.5 Å². The number of fused-ring (bicyclic) bond motifs is 1. The Balaban J connectivity index is 1.77. The van der Waals surface area contributed by atoms with Crippen molar-refractivity contribution < 1.29 is 4.79 Å². The molecule has 1 aliphatic rings. The largest absolute Gasteiger partial charge is 0.366 e. The van der Waals surface area contributed by atoms with Crippen molar-refractivity contribution in [3.05, 3.63) is 93.3 Å². The van der Waals surface area contributed by atoms with Crippen LogP contribution in [0.15, 0.2) is 71.0 Å². The Morgan fingerprint density at radius 3 is 2.71 bits per heavy atom. The van der Waals surface area contributed by atoms with Gasteiger partial charge < -0.3 is 5.32 Å². The fourth-order valence-electron chi connectivity index (χ4n) is 3.28. The second-order valence-corrected chi connectivity index (χ2v) is 8.66. The molecule has 1 saturated heterocycles. The van der Waals surface area contributed by atoms with Crippen LogP contribution in [0.25, 0.3) is 11.7 Å². The van der Waals surface area contributed by atoms with Gasteiger partial charge in [-0.15, -0.1) is 6.58 Å². The molecule has 0 bridgehead atoms. The van der Waals surface area contributed by atoms with Crippen LogP contribution in [0.1, 0.15) is 16.7 Å². The van der Waals surface area contributed by atoms with Crippen LogP contribution in [-0.2, 0) is 11.3 Å². The van der Waals surface area contributed by atoms with Crippen LogP contribution in [0.5, 0.6) is 0 Å². The lowest BCUT2D eigenvalue weighted by Crippen LogP contribution is -2.27. The Bertz CT molecular complexity index is 1280. The summed E-state index contributed by atoms with van der Waals surface area (Å²) in [5, 5.41) is 3.12. The highest BCUT2D eigenvalue weighted by Crippen LogP contribution is 2.34. The predicted octanol–water partition coefficient (Wildman–Crippen LogP) is 4.00. The van der Waals surface area contributed by atoms with Crippen LogP contribution in [-0.4, -0.2) is 31.1 Å². The maximum absolute atomic E-state index is 13.3. The molecule has 1 aromatic carbocycles. The molecule has 3 heterocycles. The third kappa shape index (κ3) is 4.17. The molecule has 3 aromatic rings. The Kier molecular flexibility index (Phi) is 6.01. The van der Waals surface area contributed by atoms with Crippen molar-refractivity contribution in [2.24, 2.45) is 0 Å². The van der Waals surface area contributed by atoms with Gasteiger partial charge in [-0.3, -0.25) is 18.9 Å². The van der Waals surface area contributed by atoms with Gasteiger partial charge in [0.25, 0.3) is 11.5 Å². The van der Waals surface area contributed by atoms with Gasteiger partial charge in [0, 0.05) is 12.7 Å². The highest BCUT2D eigenvalue weighted by atomic mass is 32.2. The molecule has 0 radical (unpaired) electrons. The summed E-state index contributed by atoms with van der Waals surface area (Å²) in [7, 11) is 0. The van der Waals surface area contributed by atoms with Crippen molar-refractivity contribution in [2.45, 2.75) is 13.5 Å². The number of carbonyl (C=O) groups is 1. The third-order valence-corrected chi connectivity index (χ3v) is 6.21. The number of aryl methyl sites for hydroxylation is 1. The minimum Gasteiger partial charge on any atom is -0.366 e. The molecule has 0 saturated carbocycles. The van der Waals surface area contributed by atoms with Gasteiger partial charge in [-0.25, -0.2) is 4.98 Å². The molecule has 1 N–H and O–H groups in total. The molecule has 0 atom stereocenters. The average molecular weight is 449 g/mol. The van der Waals surface area contributed by atoms with E-state index in [9.17, 15) is 9.59 Å². The molecule has 0 spiro atoms. The third-order valence-electron chi connectivity index (χ3n) is 4.83. The Hall–Kier alpha value is -3.23. The molecular formula is C23H20N4O2S2. The molecule has 1 amide bonds. The van der Waals surface area contributed by atoms with E-state index in [-0.39, 0.29) is 11.5 Å². The zero-order valence-corrected chi connectivity index (χ0v) is 18.5. The number of thiocarbonyl (C=S) groups is 1.